The Labute approximate surface area is 168 Å². The van der Waals surface area contributed by atoms with Crippen molar-refractivity contribution in [2.24, 2.45) is 0 Å². The highest BCUT2D eigenvalue weighted by Crippen LogP contribution is 2.33. The number of hydrogen-bond acceptors (Lipinski definition) is 6. The first-order chi connectivity index (χ1) is 13.0. The van der Waals surface area contributed by atoms with Gasteiger partial charge in [-0.1, -0.05) is 42.6 Å². The number of ether oxygens (including phenoxy) is 1. The summed E-state index contributed by atoms with van der Waals surface area (Å²) < 4.78 is 6.79. The van der Waals surface area contributed by atoms with E-state index in [0.29, 0.717) is 27.5 Å². The van der Waals surface area contributed by atoms with E-state index < -0.39 is 5.25 Å². The van der Waals surface area contributed by atoms with Gasteiger partial charge in [0.15, 0.2) is 5.82 Å². The Hall–Kier alpha value is -1.93. The fourth-order valence-corrected chi connectivity index (χ4v) is 4.18. The normalized spacial score (nSPS) is 16.1. The van der Waals surface area contributed by atoms with Crippen molar-refractivity contribution in [1.29, 1.82) is 0 Å². The van der Waals surface area contributed by atoms with E-state index in [2.05, 4.69) is 15.5 Å². The minimum Gasteiger partial charge on any atom is -0.495 e. The van der Waals surface area contributed by atoms with Crippen LogP contribution in [0.1, 0.15) is 50.8 Å². The van der Waals surface area contributed by atoms with Crippen molar-refractivity contribution in [3.8, 4) is 5.75 Å². The average molecular weight is 410 g/mol. The highest BCUT2D eigenvalue weighted by Gasteiger charge is 2.25. The molecule has 0 saturated heterocycles. The summed E-state index contributed by atoms with van der Waals surface area (Å²) in [5.41, 5.74) is 0.527. The molecule has 0 bridgehead atoms. The van der Waals surface area contributed by atoms with Crippen LogP contribution in [0.25, 0.3) is 0 Å². The maximum absolute atomic E-state index is 12.6. The molecule has 0 aliphatic heterocycles. The summed E-state index contributed by atoms with van der Waals surface area (Å²) in [7, 11) is 1.54. The second kappa shape index (κ2) is 8.84. The smallest absolute Gasteiger partial charge is 0.237 e. The van der Waals surface area contributed by atoms with Crippen LogP contribution in [0.3, 0.4) is 0 Å². The van der Waals surface area contributed by atoms with Crippen molar-refractivity contribution >= 4 is 35.0 Å². The Morgan fingerprint density at radius 2 is 2.11 bits per heavy atom. The number of methoxy groups -OCH3 is 1. The maximum atomic E-state index is 12.6. The lowest BCUT2D eigenvalue weighted by Gasteiger charge is -2.20. The van der Waals surface area contributed by atoms with E-state index in [-0.39, 0.29) is 5.91 Å². The van der Waals surface area contributed by atoms with Crippen molar-refractivity contribution in [3.05, 3.63) is 29.0 Å². The van der Waals surface area contributed by atoms with Gasteiger partial charge in [-0.05, 0) is 38.0 Å². The van der Waals surface area contributed by atoms with Gasteiger partial charge < -0.3 is 15.9 Å². The van der Waals surface area contributed by atoms with Gasteiger partial charge in [0, 0.05) is 10.9 Å². The first kappa shape index (κ1) is 19.8. The molecule has 2 aromatic rings. The zero-order valence-corrected chi connectivity index (χ0v) is 17.0. The fraction of sp³-hybridized carbons (Fsp3) is 0.500. The molecule has 3 N–H and O–H groups in total. The van der Waals surface area contributed by atoms with Crippen molar-refractivity contribution < 1.29 is 9.53 Å². The minimum absolute atomic E-state index is 0.192. The topological polar surface area (TPSA) is 95.1 Å². The molecule has 0 spiro atoms. The third-order valence-electron chi connectivity index (χ3n) is 4.73. The summed E-state index contributed by atoms with van der Waals surface area (Å²) >= 11 is 7.29. The lowest BCUT2D eigenvalue weighted by Crippen LogP contribution is -2.24. The number of anilines is 1. The molecule has 3 rings (SSSR count). The summed E-state index contributed by atoms with van der Waals surface area (Å²) in [4.78, 5) is 12.6. The summed E-state index contributed by atoms with van der Waals surface area (Å²) in [6.07, 6.45) is 5.83. The van der Waals surface area contributed by atoms with Gasteiger partial charge in [-0.15, -0.1) is 10.2 Å². The van der Waals surface area contributed by atoms with Gasteiger partial charge in [-0.25, -0.2) is 4.68 Å². The van der Waals surface area contributed by atoms with Gasteiger partial charge in [-0.3, -0.25) is 4.79 Å². The Balaban J connectivity index is 1.66. The molecule has 1 aromatic heterocycles. The molecule has 1 saturated carbocycles. The van der Waals surface area contributed by atoms with Gasteiger partial charge >= 0.3 is 0 Å². The molecule has 1 aliphatic rings. The van der Waals surface area contributed by atoms with E-state index in [1.165, 1.54) is 35.7 Å². The lowest BCUT2D eigenvalue weighted by molar-refractivity contribution is -0.115. The van der Waals surface area contributed by atoms with Gasteiger partial charge in [0.25, 0.3) is 0 Å². The van der Waals surface area contributed by atoms with E-state index in [1.807, 2.05) is 0 Å². The van der Waals surface area contributed by atoms with Crippen molar-refractivity contribution in [3.63, 3.8) is 0 Å². The van der Waals surface area contributed by atoms with Crippen LogP contribution in [-0.2, 0) is 4.79 Å². The van der Waals surface area contributed by atoms with Gasteiger partial charge in [0.05, 0.1) is 18.0 Å². The number of nitrogens with one attached hydrogen (secondary N) is 1. The van der Waals surface area contributed by atoms with Crippen LogP contribution in [0.15, 0.2) is 23.4 Å². The average Bonchev–Trinajstić information content (AvgIpc) is 3.03. The number of halogens is 1. The molecule has 1 unspecified atom stereocenters. The zero-order chi connectivity index (χ0) is 19.4. The second-order valence-electron chi connectivity index (χ2n) is 6.64. The number of amides is 1. The number of nitrogens with two attached hydrogens (primary N) is 1. The predicted octanol–water partition coefficient (Wildman–Crippen LogP) is 3.82. The maximum Gasteiger partial charge on any atom is 0.237 e. The van der Waals surface area contributed by atoms with Crippen LogP contribution >= 0.6 is 23.4 Å². The minimum atomic E-state index is -0.417. The zero-order valence-electron chi connectivity index (χ0n) is 15.4. The summed E-state index contributed by atoms with van der Waals surface area (Å²) in [5, 5.41) is 12.0. The first-order valence-corrected chi connectivity index (χ1v) is 10.3. The first-order valence-electron chi connectivity index (χ1n) is 9.01. The highest BCUT2D eigenvalue weighted by molar-refractivity contribution is 8.00. The Morgan fingerprint density at radius 1 is 1.37 bits per heavy atom. The Bertz CT molecular complexity index is 807. The van der Waals surface area contributed by atoms with Crippen LogP contribution < -0.4 is 15.9 Å². The number of benzene rings is 1. The molecular formula is C18H24ClN5O2S. The van der Waals surface area contributed by atoms with E-state index >= 15 is 0 Å². The van der Waals surface area contributed by atoms with Gasteiger partial charge in [-0.2, -0.15) is 0 Å². The largest absolute Gasteiger partial charge is 0.495 e. The molecule has 146 valence electrons. The molecule has 1 amide bonds. The number of nitrogen functional groups attached to an aromatic ring is 1. The van der Waals surface area contributed by atoms with Crippen molar-refractivity contribution in [1.82, 2.24) is 14.9 Å². The van der Waals surface area contributed by atoms with Gasteiger partial charge in [0.2, 0.25) is 11.1 Å². The molecule has 27 heavy (non-hydrogen) atoms. The van der Waals surface area contributed by atoms with Crippen molar-refractivity contribution in [2.45, 2.75) is 55.4 Å². The third-order valence-corrected chi connectivity index (χ3v) is 6.02. The monoisotopic (exact) mass is 409 g/mol. The SMILES string of the molecule is COc1ccc(Cl)cc1NC(=O)C(C)Sc1nnc(C2CCCCC2)n1N. The molecule has 0 radical (unpaired) electrons. The quantitative estimate of drug-likeness (QED) is 0.556. The molecule has 1 fully saturated rings. The number of aromatic nitrogens is 3. The summed E-state index contributed by atoms with van der Waals surface area (Å²) in [6, 6.07) is 5.07. The Morgan fingerprint density at radius 3 is 2.81 bits per heavy atom. The van der Waals surface area contributed by atoms with E-state index in [0.717, 1.165) is 18.7 Å². The number of hydrogen-bond donors (Lipinski definition) is 2. The number of carbonyl (C=O) groups is 1. The second-order valence-corrected chi connectivity index (χ2v) is 8.38. The molecule has 9 heteroatoms. The number of nitrogens with zero attached hydrogens (tertiary/aromatic N) is 3. The molecule has 1 heterocycles. The standard InChI is InChI=1S/C18H24ClN5O2S/c1-11(17(25)21-14-10-13(19)8-9-15(14)26-2)27-18-23-22-16(24(18)20)12-6-4-3-5-7-12/h8-12H,3-7,20H2,1-2H3,(H,21,25). The van der Waals surface area contributed by atoms with E-state index in [9.17, 15) is 4.79 Å². The van der Waals surface area contributed by atoms with E-state index in [1.54, 1.807) is 32.2 Å². The lowest BCUT2D eigenvalue weighted by atomic mass is 9.89. The highest BCUT2D eigenvalue weighted by atomic mass is 35.5. The van der Waals surface area contributed by atoms with Crippen molar-refractivity contribution in [2.75, 3.05) is 18.3 Å². The summed E-state index contributed by atoms with van der Waals surface area (Å²) in [5.74, 6) is 7.72. The molecule has 1 atom stereocenters. The number of rotatable bonds is 6. The van der Waals surface area contributed by atoms with Crippen LogP contribution in [0.5, 0.6) is 5.75 Å². The van der Waals surface area contributed by atoms with Crippen LogP contribution in [0.2, 0.25) is 5.02 Å². The molecule has 7 nitrogen and oxygen atoms in total. The van der Waals surface area contributed by atoms with Crippen LogP contribution in [-0.4, -0.2) is 33.1 Å². The van der Waals surface area contributed by atoms with E-state index in [4.69, 9.17) is 22.2 Å². The third kappa shape index (κ3) is 4.68. The Kier molecular flexibility index (Phi) is 6.49. The van der Waals surface area contributed by atoms with Crippen LogP contribution in [0, 0.1) is 0 Å². The number of carbonyl (C=O) groups excluding carboxylic acids is 1. The van der Waals surface area contributed by atoms with Gasteiger partial charge in [0.1, 0.15) is 5.75 Å². The molecule has 1 aliphatic carbocycles. The molecule has 1 aromatic carbocycles. The number of thioether (sulfide) groups is 1. The van der Waals surface area contributed by atoms with Crippen LogP contribution in [0.4, 0.5) is 5.69 Å². The predicted molar refractivity (Wildman–Crippen MR) is 108 cm³/mol. The fourth-order valence-electron chi connectivity index (χ4n) is 3.23. The summed E-state index contributed by atoms with van der Waals surface area (Å²) in [6.45, 7) is 1.80. The molecular weight excluding hydrogens is 386 g/mol.